The van der Waals surface area contributed by atoms with Gasteiger partial charge in [0.1, 0.15) is 6.04 Å². The van der Waals surface area contributed by atoms with Crippen molar-refractivity contribution in [2.24, 2.45) is 0 Å². The Morgan fingerprint density at radius 3 is 2.82 bits per heavy atom. The number of anilines is 1. The standard InChI is InChI=1S/C13H16F2N2O4S/c1-8-11(16-5-6-21-8)12(18)17-9-3-2-4-10(7-9)22(19,20)13(14)15/h2-4,7-8,11,13,16H,5-6H2,1H3,(H,17,18)/t8-,11+/m1/s1. The van der Waals surface area contributed by atoms with E-state index in [-0.39, 0.29) is 11.8 Å². The number of morpholine rings is 1. The first-order chi connectivity index (χ1) is 10.3. The summed E-state index contributed by atoms with van der Waals surface area (Å²) in [4.78, 5) is 11.6. The highest BCUT2D eigenvalue weighted by Crippen LogP contribution is 2.21. The molecule has 0 aliphatic carbocycles. The first kappa shape index (κ1) is 16.8. The molecule has 6 nitrogen and oxygen atoms in total. The molecule has 9 heteroatoms. The van der Waals surface area contributed by atoms with E-state index in [1.807, 2.05) is 0 Å². The van der Waals surface area contributed by atoms with Gasteiger partial charge in [0.15, 0.2) is 0 Å². The zero-order valence-electron chi connectivity index (χ0n) is 11.8. The van der Waals surface area contributed by atoms with Crippen LogP contribution in [0.4, 0.5) is 14.5 Å². The minimum absolute atomic E-state index is 0.131. The quantitative estimate of drug-likeness (QED) is 0.858. The largest absolute Gasteiger partial charge is 0.375 e. The molecule has 1 aliphatic heterocycles. The van der Waals surface area contributed by atoms with Gasteiger partial charge in [0.25, 0.3) is 0 Å². The minimum atomic E-state index is -4.70. The Kier molecular flexibility index (Phi) is 5.09. The normalized spacial score (nSPS) is 22.5. The van der Waals surface area contributed by atoms with Gasteiger partial charge in [0.2, 0.25) is 15.7 Å². The molecule has 1 saturated heterocycles. The molecule has 2 rings (SSSR count). The molecular formula is C13H16F2N2O4S. The number of carbonyl (C=O) groups excluding carboxylic acids is 1. The average molecular weight is 334 g/mol. The van der Waals surface area contributed by atoms with Crippen LogP contribution in [0.15, 0.2) is 29.2 Å². The van der Waals surface area contributed by atoms with Gasteiger partial charge >= 0.3 is 5.76 Å². The average Bonchev–Trinajstić information content (AvgIpc) is 2.47. The topological polar surface area (TPSA) is 84.5 Å². The van der Waals surface area contributed by atoms with Crippen molar-refractivity contribution in [3.05, 3.63) is 24.3 Å². The van der Waals surface area contributed by atoms with Crippen LogP contribution in [0.5, 0.6) is 0 Å². The van der Waals surface area contributed by atoms with Crippen LogP contribution in [0.3, 0.4) is 0 Å². The van der Waals surface area contributed by atoms with Gasteiger partial charge in [-0.2, -0.15) is 8.78 Å². The molecule has 2 atom stereocenters. The molecule has 0 aromatic heterocycles. The summed E-state index contributed by atoms with van der Waals surface area (Å²) in [5.74, 6) is -3.93. The number of sulfone groups is 1. The lowest BCUT2D eigenvalue weighted by atomic mass is 10.1. The predicted molar refractivity (Wildman–Crippen MR) is 75.5 cm³/mol. The van der Waals surface area contributed by atoms with E-state index in [0.717, 1.165) is 12.1 Å². The van der Waals surface area contributed by atoms with Crippen molar-refractivity contribution >= 4 is 21.4 Å². The first-order valence-electron chi connectivity index (χ1n) is 6.60. The molecule has 1 aliphatic rings. The molecule has 1 aromatic carbocycles. The third-order valence-electron chi connectivity index (χ3n) is 3.26. The summed E-state index contributed by atoms with van der Waals surface area (Å²) >= 11 is 0. The van der Waals surface area contributed by atoms with Crippen molar-refractivity contribution in [2.75, 3.05) is 18.5 Å². The lowest BCUT2D eigenvalue weighted by Crippen LogP contribution is -2.53. The van der Waals surface area contributed by atoms with E-state index in [1.165, 1.54) is 12.1 Å². The Balaban J connectivity index is 2.15. The van der Waals surface area contributed by atoms with Gasteiger partial charge in [-0.15, -0.1) is 0 Å². The summed E-state index contributed by atoms with van der Waals surface area (Å²) in [5, 5.41) is 5.48. The monoisotopic (exact) mass is 334 g/mol. The van der Waals surface area contributed by atoms with E-state index in [1.54, 1.807) is 6.92 Å². The van der Waals surface area contributed by atoms with E-state index in [9.17, 15) is 22.0 Å². The zero-order chi connectivity index (χ0) is 16.3. The number of ether oxygens (including phenoxy) is 1. The van der Waals surface area contributed by atoms with Crippen molar-refractivity contribution in [2.45, 2.75) is 29.7 Å². The van der Waals surface area contributed by atoms with Crippen LogP contribution in [0.1, 0.15) is 6.92 Å². The molecule has 0 unspecified atom stereocenters. The van der Waals surface area contributed by atoms with Crippen LogP contribution < -0.4 is 10.6 Å². The number of hydrogen-bond donors (Lipinski definition) is 2. The van der Waals surface area contributed by atoms with E-state index in [2.05, 4.69) is 10.6 Å². The molecule has 0 radical (unpaired) electrons. The third-order valence-corrected chi connectivity index (χ3v) is 4.64. The number of nitrogens with one attached hydrogen (secondary N) is 2. The second-order valence-electron chi connectivity index (χ2n) is 4.83. The van der Waals surface area contributed by atoms with Crippen LogP contribution in [0, 0.1) is 0 Å². The fourth-order valence-electron chi connectivity index (χ4n) is 2.10. The van der Waals surface area contributed by atoms with Gasteiger partial charge in [-0.05, 0) is 25.1 Å². The lowest BCUT2D eigenvalue weighted by molar-refractivity contribution is -0.123. The number of alkyl halides is 2. The summed E-state index contributed by atoms with van der Waals surface area (Å²) in [7, 11) is -4.70. The molecule has 0 saturated carbocycles. The van der Waals surface area contributed by atoms with Crippen molar-refractivity contribution in [3.63, 3.8) is 0 Å². The van der Waals surface area contributed by atoms with Gasteiger partial charge in [0.05, 0.1) is 17.6 Å². The van der Waals surface area contributed by atoms with Crippen molar-refractivity contribution < 1.29 is 26.7 Å². The Morgan fingerprint density at radius 2 is 2.18 bits per heavy atom. The second-order valence-corrected chi connectivity index (χ2v) is 6.75. The minimum Gasteiger partial charge on any atom is -0.375 e. The van der Waals surface area contributed by atoms with Gasteiger partial charge in [-0.3, -0.25) is 4.79 Å². The molecule has 22 heavy (non-hydrogen) atoms. The van der Waals surface area contributed by atoms with Crippen molar-refractivity contribution in [1.82, 2.24) is 5.32 Å². The Bertz CT molecular complexity index is 651. The maximum atomic E-state index is 12.5. The van der Waals surface area contributed by atoms with Crippen LogP contribution in [0.2, 0.25) is 0 Å². The van der Waals surface area contributed by atoms with Crippen molar-refractivity contribution in [1.29, 1.82) is 0 Å². The van der Waals surface area contributed by atoms with Gasteiger partial charge in [-0.25, -0.2) is 8.42 Å². The lowest BCUT2D eigenvalue weighted by Gasteiger charge is -2.29. The molecule has 1 heterocycles. The molecule has 1 aromatic rings. The van der Waals surface area contributed by atoms with E-state index < -0.39 is 32.4 Å². The van der Waals surface area contributed by atoms with E-state index in [0.29, 0.717) is 13.2 Å². The number of halogens is 2. The summed E-state index contributed by atoms with van der Waals surface area (Å²) in [6, 6.07) is 4.19. The Labute approximate surface area is 126 Å². The Morgan fingerprint density at radius 1 is 1.45 bits per heavy atom. The highest BCUT2D eigenvalue weighted by Gasteiger charge is 2.29. The molecule has 1 fully saturated rings. The van der Waals surface area contributed by atoms with Crippen LogP contribution in [0.25, 0.3) is 0 Å². The maximum absolute atomic E-state index is 12.5. The van der Waals surface area contributed by atoms with Crippen LogP contribution >= 0.6 is 0 Å². The highest BCUT2D eigenvalue weighted by atomic mass is 32.2. The Hall–Kier alpha value is -1.58. The fourth-order valence-corrected chi connectivity index (χ4v) is 2.87. The fraction of sp³-hybridized carbons (Fsp3) is 0.462. The van der Waals surface area contributed by atoms with Crippen LogP contribution in [-0.4, -0.2) is 45.4 Å². The molecule has 1 amide bonds. The molecular weight excluding hydrogens is 318 g/mol. The van der Waals surface area contributed by atoms with Crippen molar-refractivity contribution in [3.8, 4) is 0 Å². The summed E-state index contributed by atoms with van der Waals surface area (Å²) in [5.41, 5.74) is 0.131. The summed E-state index contributed by atoms with van der Waals surface area (Å²) in [6.45, 7) is 2.74. The van der Waals surface area contributed by atoms with Crippen LogP contribution in [-0.2, 0) is 19.4 Å². The van der Waals surface area contributed by atoms with E-state index >= 15 is 0 Å². The molecule has 2 N–H and O–H groups in total. The van der Waals surface area contributed by atoms with Gasteiger partial charge < -0.3 is 15.4 Å². The maximum Gasteiger partial charge on any atom is 0.341 e. The number of benzene rings is 1. The van der Waals surface area contributed by atoms with Gasteiger partial charge in [0, 0.05) is 12.2 Å². The predicted octanol–water partition coefficient (Wildman–Crippen LogP) is 0.998. The smallest absolute Gasteiger partial charge is 0.341 e. The zero-order valence-corrected chi connectivity index (χ0v) is 12.6. The van der Waals surface area contributed by atoms with E-state index in [4.69, 9.17) is 4.74 Å². The molecule has 122 valence electrons. The van der Waals surface area contributed by atoms with Gasteiger partial charge in [-0.1, -0.05) is 6.07 Å². The second kappa shape index (κ2) is 6.67. The third kappa shape index (κ3) is 3.60. The molecule has 0 spiro atoms. The summed E-state index contributed by atoms with van der Waals surface area (Å²) < 4.78 is 53.3. The summed E-state index contributed by atoms with van der Waals surface area (Å²) in [6.07, 6.45) is -0.346. The molecule has 0 bridgehead atoms. The first-order valence-corrected chi connectivity index (χ1v) is 8.15. The number of amides is 1. The SMILES string of the molecule is C[C@H]1OCCN[C@@H]1C(=O)Nc1cccc(S(=O)(=O)C(F)F)c1. The number of hydrogen-bond acceptors (Lipinski definition) is 5. The number of carbonyl (C=O) groups is 1. The highest BCUT2D eigenvalue weighted by molar-refractivity contribution is 7.91. The number of rotatable bonds is 4.